The number of rotatable bonds is 5. The van der Waals surface area contributed by atoms with Crippen LogP contribution in [0.2, 0.25) is 0 Å². The number of hydrogen-bond acceptors (Lipinski definition) is 3. The number of hydrogen-bond donors (Lipinski definition) is 2. The summed E-state index contributed by atoms with van der Waals surface area (Å²) in [4.78, 5) is 0. The quantitative estimate of drug-likeness (QED) is 0.834. The number of fused-ring (bicyclic) bond motifs is 1. The van der Waals surface area contributed by atoms with Crippen molar-refractivity contribution in [1.82, 2.24) is 15.1 Å². The first-order valence-corrected chi connectivity index (χ1v) is 7.21. The average Bonchev–Trinajstić information content (AvgIpc) is 3.14. The monoisotopic (exact) mass is 249 g/mol. The van der Waals surface area contributed by atoms with E-state index >= 15 is 0 Å². The molecule has 2 atom stereocenters. The summed E-state index contributed by atoms with van der Waals surface area (Å²) in [6.45, 7) is 3.11. The molecule has 2 unspecified atom stereocenters. The lowest BCUT2D eigenvalue weighted by atomic mass is 9.92. The van der Waals surface area contributed by atoms with Gasteiger partial charge in [-0.25, -0.2) is 0 Å². The zero-order valence-corrected chi connectivity index (χ0v) is 11.1. The summed E-state index contributed by atoms with van der Waals surface area (Å²) in [6, 6.07) is 1.10. The molecule has 1 aromatic rings. The molecule has 3 rings (SSSR count). The van der Waals surface area contributed by atoms with Crippen molar-refractivity contribution in [2.24, 2.45) is 5.92 Å². The Kier molecular flexibility index (Phi) is 3.39. The average molecular weight is 249 g/mol. The van der Waals surface area contributed by atoms with E-state index in [4.69, 9.17) is 5.11 Å². The fraction of sp³-hybridized carbons (Fsp3) is 0.786. The molecule has 0 radical (unpaired) electrons. The van der Waals surface area contributed by atoms with Crippen LogP contribution < -0.4 is 5.32 Å². The van der Waals surface area contributed by atoms with Gasteiger partial charge in [-0.2, -0.15) is 5.10 Å². The first kappa shape index (κ1) is 12.2. The van der Waals surface area contributed by atoms with E-state index in [9.17, 15) is 0 Å². The summed E-state index contributed by atoms with van der Waals surface area (Å²) in [5, 5.41) is 17.3. The highest BCUT2D eigenvalue weighted by atomic mass is 16.3. The Balaban J connectivity index is 1.74. The second kappa shape index (κ2) is 5.02. The van der Waals surface area contributed by atoms with Gasteiger partial charge in [0, 0.05) is 23.3 Å². The highest BCUT2D eigenvalue weighted by Gasteiger charge is 2.31. The molecule has 0 spiro atoms. The Morgan fingerprint density at radius 2 is 2.33 bits per heavy atom. The lowest BCUT2D eigenvalue weighted by Gasteiger charge is -2.27. The van der Waals surface area contributed by atoms with Gasteiger partial charge in [-0.05, 0) is 44.9 Å². The van der Waals surface area contributed by atoms with Crippen LogP contribution in [-0.4, -0.2) is 27.5 Å². The Bertz CT molecular complexity index is 411. The van der Waals surface area contributed by atoms with Crippen molar-refractivity contribution in [2.45, 2.75) is 57.7 Å². The van der Waals surface area contributed by atoms with Gasteiger partial charge in [0.05, 0.1) is 19.3 Å². The van der Waals surface area contributed by atoms with Gasteiger partial charge in [0.1, 0.15) is 0 Å². The molecule has 1 heterocycles. The largest absolute Gasteiger partial charge is 0.394 e. The second-order valence-corrected chi connectivity index (χ2v) is 5.73. The number of aliphatic hydroxyl groups is 1. The number of aliphatic hydroxyl groups excluding tert-OH is 1. The van der Waals surface area contributed by atoms with Crippen molar-refractivity contribution in [3.63, 3.8) is 0 Å². The molecular weight excluding hydrogens is 226 g/mol. The molecule has 4 heteroatoms. The van der Waals surface area contributed by atoms with Gasteiger partial charge in [-0.1, -0.05) is 0 Å². The van der Waals surface area contributed by atoms with Crippen molar-refractivity contribution in [3.8, 4) is 0 Å². The smallest absolute Gasteiger partial charge is 0.0644 e. The van der Waals surface area contributed by atoms with Crippen LogP contribution in [0.25, 0.3) is 0 Å². The second-order valence-electron chi connectivity index (χ2n) is 5.73. The normalized spacial score (nSPS) is 24.9. The molecule has 2 N–H and O–H groups in total. The number of aromatic nitrogens is 2. The van der Waals surface area contributed by atoms with E-state index < -0.39 is 0 Å². The molecule has 100 valence electrons. The minimum absolute atomic E-state index is 0.171. The molecule has 1 saturated carbocycles. The SMILES string of the molecule is CC(NC1CCCc2c1cnn2CCO)C1CC1. The molecule has 2 aliphatic rings. The molecule has 0 saturated heterocycles. The summed E-state index contributed by atoms with van der Waals surface area (Å²) in [5.41, 5.74) is 2.69. The number of nitrogens with zero attached hydrogens (tertiary/aromatic N) is 2. The summed E-state index contributed by atoms with van der Waals surface area (Å²) >= 11 is 0. The van der Waals surface area contributed by atoms with E-state index in [1.165, 1.54) is 36.9 Å². The summed E-state index contributed by atoms with van der Waals surface area (Å²) in [7, 11) is 0. The zero-order valence-electron chi connectivity index (χ0n) is 11.1. The van der Waals surface area contributed by atoms with E-state index in [1.807, 2.05) is 10.9 Å². The van der Waals surface area contributed by atoms with Gasteiger partial charge < -0.3 is 10.4 Å². The van der Waals surface area contributed by atoms with Gasteiger partial charge in [0.25, 0.3) is 0 Å². The lowest BCUT2D eigenvalue weighted by molar-refractivity contribution is 0.266. The van der Waals surface area contributed by atoms with Crippen LogP contribution in [0.3, 0.4) is 0 Å². The van der Waals surface area contributed by atoms with Crippen LogP contribution in [0.1, 0.15) is 49.9 Å². The van der Waals surface area contributed by atoms with Gasteiger partial charge in [-0.3, -0.25) is 4.68 Å². The van der Waals surface area contributed by atoms with Gasteiger partial charge in [0.2, 0.25) is 0 Å². The Hall–Kier alpha value is -0.870. The van der Waals surface area contributed by atoms with E-state index in [0.29, 0.717) is 18.6 Å². The number of nitrogens with one attached hydrogen (secondary N) is 1. The van der Waals surface area contributed by atoms with Crippen LogP contribution in [0.5, 0.6) is 0 Å². The minimum Gasteiger partial charge on any atom is -0.394 e. The van der Waals surface area contributed by atoms with Crippen LogP contribution in [0.15, 0.2) is 6.20 Å². The third-order valence-electron chi connectivity index (χ3n) is 4.37. The van der Waals surface area contributed by atoms with E-state index in [0.717, 1.165) is 12.3 Å². The fourth-order valence-corrected chi connectivity index (χ4v) is 3.13. The molecule has 0 aliphatic heterocycles. The minimum atomic E-state index is 0.171. The van der Waals surface area contributed by atoms with Gasteiger partial charge in [-0.15, -0.1) is 0 Å². The Morgan fingerprint density at radius 1 is 1.50 bits per heavy atom. The Morgan fingerprint density at radius 3 is 3.06 bits per heavy atom. The van der Waals surface area contributed by atoms with E-state index in [1.54, 1.807) is 0 Å². The van der Waals surface area contributed by atoms with Crippen LogP contribution in [0, 0.1) is 5.92 Å². The molecule has 2 aliphatic carbocycles. The lowest BCUT2D eigenvalue weighted by Crippen LogP contribution is -2.34. The first-order valence-electron chi connectivity index (χ1n) is 7.21. The van der Waals surface area contributed by atoms with E-state index in [2.05, 4.69) is 17.3 Å². The molecule has 0 aromatic carbocycles. The van der Waals surface area contributed by atoms with Crippen molar-refractivity contribution in [2.75, 3.05) is 6.61 Å². The fourth-order valence-electron chi connectivity index (χ4n) is 3.13. The molecule has 1 fully saturated rings. The van der Waals surface area contributed by atoms with Crippen molar-refractivity contribution >= 4 is 0 Å². The van der Waals surface area contributed by atoms with Gasteiger partial charge >= 0.3 is 0 Å². The first-order chi connectivity index (χ1) is 8.79. The van der Waals surface area contributed by atoms with Crippen molar-refractivity contribution < 1.29 is 5.11 Å². The molecule has 0 bridgehead atoms. The van der Waals surface area contributed by atoms with Crippen molar-refractivity contribution in [1.29, 1.82) is 0 Å². The molecule has 18 heavy (non-hydrogen) atoms. The van der Waals surface area contributed by atoms with Crippen molar-refractivity contribution in [3.05, 3.63) is 17.5 Å². The predicted octanol–water partition coefficient (Wildman–Crippen LogP) is 1.64. The summed E-state index contributed by atoms with van der Waals surface area (Å²) in [5.74, 6) is 0.892. The van der Waals surface area contributed by atoms with Crippen LogP contribution >= 0.6 is 0 Å². The molecular formula is C14H23N3O. The maximum atomic E-state index is 9.06. The zero-order chi connectivity index (χ0) is 12.5. The maximum absolute atomic E-state index is 9.06. The standard InChI is InChI=1S/C14H23N3O/c1-10(11-5-6-11)16-13-3-2-4-14-12(13)9-15-17(14)7-8-18/h9-11,13,16,18H,2-8H2,1H3. The predicted molar refractivity (Wildman–Crippen MR) is 70.3 cm³/mol. The highest BCUT2D eigenvalue weighted by molar-refractivity contribution is 5.25. The molecule has 1 aromatic heterocycles. The van der Waals surface area contributed by atoms with Crippen LogP contribution in [-0.2, 0) is 13.0 Å². The van der Waals surface area contributed by atoms with Gasteiger partial charge in [0.15, 0.2) is 0 Å². The topological polar surface area (TPSA) is 50.1 Å². The van der Waals surface area contributed by atoms with E-state index in [-0.39, 0.29) is 6.61 Å². The molecule has 0 amide bonds. The summed E-state index contributed by atoms with van der Waals surface area (Å²) < 4.78 is 1.98. The Labute approximate surface area is 108 Å². The third-order valence-corrected chi connectivity index (χ3v) is 4.37. The summed E-state index contributed by atoms with van der Waals surface area (Å²) in [6.07, 6.45) is 8.32. The highest BCUT2D eigenvalue weighted by Crippen LogP contribution is 2.36. The maximum Gasteiger partial charge on any atom is 0.0644 e. The van der Waals surface area contributed by atoms with Crippen LogP contribution in [0.4, 0.5) is 0 Å². The molecule has 4 nitrogen and oxygen atoms in total. The third kappa shape index (κ3) is 2.31.